The molecule has 0 aliphatic carbocycles. The summed E-state index contributed by atoms with van der Waals surface area (Å²) in [6, 6.07) is 7.63. The van der Waals surface area contributed by atoms with Gasteiger partial charge in [-0.3, -0.25) is 14.7 Å². The Morgan fingerprint density at radius 2 is 2.15 bits per heavy atom. The summed E-state index contributed by atoms with van der Waals surface area (Å²) >= 11 is 0. The van der Waals surface area contributed by atoms with E-state index in [4.69, 9.17) is 14.1 Å². The molecule has 0 atom stereocenters. The maximum Gasteiger partial charge on any atom is 0.303 e. The van der Waals surface area contributed by atoms with Crippen LogP contribution in [0.15, 0.2) is 47.3 Å². The van der Waals surface area contributed by atoms with E-state index in [9.17, 15) is 4.79 Å². The van der Waals surface area contributed by atoms with Crippen molar-refractivity contribution in [3.8, 4) is 11.4 Å². The number of carbonyl (C=O) groups excluding carboxylic acids is 1. The van der Waals surface area contributed by atoms with Crippen LogP contribution in [0, 0.1) is 0 Å². The number of ether oxygens (including phenoxy) is 1. The van der Waals surface area contributed by atoms with Crippen molar-refractivity contribution in [1.82, 2.24) is 19.9 Å². The van der Waals surface area contributed by atoms with Gasteiger partial charge in [0.05, 0.1) is 12.2 Å². The third-order valence-corrected chi connectivity index (χ3v) is 4.45. The van der Waals surface area contributed by atoms with Crippen LogP contribution in [-0.2, 0) is 35.6 Å². The van der Waals surface area contributed by atoms with Crippen LogP contribution < -0.4 is 0 Å². The molecule has 0 fully saturated rings. The smallest absolute Gasteiger partial charge is 0.303 e. The van der Waals surface area contributed by atoms with Gasteiger partial charge < -0.3 is 9.15 Å². The van der Waals surface area contributed by atoms with Crippen LogP contribution in [0.25, 0.3) is 11.4 Å². The molecule has 0 unspecified atom stereocenters. The number of hydrogen-bond acceptors (Lipinski definition) is 7. The second-order valence-electron chi connectivity index (χ2n) is 6.52. The number of fused-ring (bicyclic) bond motifs is 1. The van der Waals surface area contributed by atoms with E-state index in [1.165, 1.54) is 6.92 Å². The molecule has 0 aromatic carbocycles. The summed E-state index contributed by atoms with van der Waals surface area (Å²) in [6.07, 6.45) is 6.30. The highest BCUT2D eigenvalue weighted by Gasteiger charge is 2.20. The topological polar surface area (TPSA) is 81.4 Å². The van der Waals surface area contributed by atoms with Crippen molar-refractivity contribution in [3.63, 3.8) is 0 Å². The first kappa shape index (κ1) is 17.4. The maximum atomic E-state index is 10.9. The number of hydrogen-bond donors (Lipinski definition) is 0. The molecule has 1 aliphatic heterocycles. The normalized spacial score (nSPS) is 14.0. The Labute approximate surface area is 157 Å². The molecule has 7 nitrogen and oxygen atoms in total. The van der Waals surface area contributed by atoms with Crippen LogP contribution in [0.4, 0.5) is 0 Å². The standard InChI is InChI=1S/C20H20N4O3/c1-14(25)26-13-18-5-4-17(27-18)12-24-8-6-19-16(11-24)10-22-20(23-19)15-3-2-7-21-9-15/h2-5,7,9-10H,6,8,11-13H2,1H3. The Kier molecular flexibility index (Phi) is 4.93. The fourth-order valence-corrected chi connectivity index (χ4v) is 3.12. The fourth-order valence-electron chi connectivity index (χ4n) is 3.12. The van der Waals surface area contributed by atoms with Gasteiger partial charge in [0.15, 0.2) is 5.82 Å². The summed E-state index contributed by atoms with van der Waals surface area (Å²) in [6.45, 7) is 3.93. The van der Waals surface area contributed by atoms with Gasteiger partial charge in [0.2, 0.25) is 0 Å². The van der Waals surface area contributed by atoms with Crippen LogP contribution in [0.1, 0.15) is 29.7 Å². The zero-order chi connectivity index (χ0) is 18.6. The van der Waals surface area contributed by atoms with Gasteiger partial charge in [-0.15, -0.1) is 0 Å². The summed E-state index contributed by atoms with van der Waals surface area (Å²) in [5.74, 6) is 1.92. The Hall–Kier alpha value is -3.06. The molecule has 0 saturated heterocycles. The second kappa shape index (κ2) is 7.67. The van der Waals surface area contributed by atoms with Crippen molar-refractivity contribution < 1.29 is 13.9 Å². The largest absolute Gasteiger partial charge is 0.461 e. The van der Waals surface area contributed by atoms with E-state index in [1.54, 1.807) is 12.4 Å². The van der Waals surface area contributed by atoms with Gasteiger partial charge in [-0.2, -0.15) is 0 Å². The number of aromatic nitrogens is 3. The first-order valence-electron chi connectivity index (χ1n) is 8.86. The first-order valence-corrected chi connectivity index (χ1v) is 8.86. The number of esters is 1. The lowest BCUT2D eigenvalue weighted by Gasteiger charge is -2.27. The van der Waals surface area contributed by atoms with E-state index in [-0.39, 0.29) is 12.6 Å². The average Bonchev–Trinajstić information content (AvgIpc) is 3.14. The summed E-state index contributed by atoms with van der Waals surface area (Å²) in [4.78, 5) is 26.5. The van der Waals surface area contributed by atoms with Gasteiger partial charge in [-0.05, 0) is 24.3 Å². The van der Waals surface area contributed by atoms with Gasteiger partial charge in [0, 0.05) is 56.2 Å². The van der Waals surface area contributed by atoms with E-state index in [0.717, 1.165) is 47.9 Å². The first-order chi connectivity index (χ1) is 13.2. The van der Waals surface area contributed by atoms with Crippen molar-refractivity contribution in [3.05, 3.63) is 65.6 Å². The number of rotatable bonds is 5. The van der Waals surface area contributed by atoms with Crippen molar-refractivity contribution in [1.29, 1.82) is 0 Å². The maximum absolute atomic E-state index is 10.9. The third kappa shape index (κ3) is 4.20. The predicted molar refractivity (Wildman–Crippen MR) is 97.3 cm³/mol. The highest BCUT2D eigenvalue weighted by Crippen LogP contribution is 2.22. The fraction of sp³-hybridized carbons (Fsp3) is 0.300. The molecule has 3 aromatic rings. The lowest BCUT2D eigenvalue weighted by Crippen LogP contribution is -2.30. The molecule has 0 amide bonds. The summed E-state index contributed by atoms with van der Waals surface area (Å²) in [5, 5.41) is 0. The highest BCUT2D eigenvalue weighted by molar-refractivity contribution is 5.65. The molecule has 0 saturated carbocycles. The Morgan fingerprint density at radius 3 is 2.96 bits per heavy atom. The molecule has 1 aliphatic rings. The van der Waals surface area contributed by atoms with Crippen molar-refractivity contribution >= 4 is 5.97 Å². The minimum Gasteiger partial charge on any atom is -0.461 e. The molecule has 0 N–H and O–H groups in total. The molecule has 0 bridgehead atoms. The number of carbonyl (C=O) groups is 1. The molecule has 0 spiro atoms. The lowest BCUT2D eigenvalue weighted by molar-refractivity contribution is -0.142. The summed E-state index contributed by atoms with van der Waals surface area (Å²) in [5.41, 5.74) is 3.16. The minimum atomic E-state index is -0.314. The zero-order valence-electron chi connectivity index (χ0n) is 15.1. The van der Waals surface area contributed by atoms with E-state index in [1.807, 2.05) is 30.5 Å². The third-order valence-electron chi connectivity index (χ3n) is 4.45. The zero-order valence-corrected chi connectivity index (χ0v) is 15.1. The van der Waals surface area contributed by atoms with E-state index in [0.29, 0.717) is 12.3 Å². The molecule has 138 valence electrons. The van der Waals surface area contributed by atoms with Crippen molar-refractivity contribution in [2.24, 2.45) is 0 Å². The highest BCUT2D eigenvalue weighted by atomic mass is 16.5. The van der Waals surface area contributed by atoms with Crippen LogP contribution >= 0.6 is 0 Å². The SMILES string of the molecule is CC(=O)OCc1ccc(CN2CCc3nc(-c4cccnc4)ncc3C2)o1. The van der Waals surface area contributed by atoms with Gasteiger partial charge in [0.25, 0.3) is 0 Å². The monoisotopic (exact) mass is 364 g/mol. The van der Waals surface area contributed by atoms with Crippen LogP contribution in [0.5, 0.6) is 0 Å². The molecule has 27 heavy (non-hydrogen) atoms. The second-order valence-corrected chi connectivity index (χ2v) is 6.52. The van der Waals surface area contributed by atoms with Gasteiger partial charge in [-0.1, -0.05) is 0 Å². The molecule has 4 rings (SSSR count). The average molecular weight is 364 g/mol. The van der Waals surface area contributed by atoms with Crippen LogP contribution in [-0.4, -0.2) is 32.4 Å². The van der Waals surface area contributed by atoms with Crippen LogP contribution in [0.2, 0.25) is 0 Å². The molecule has 7 heteroatoms. The quantitative estimate of drug-likeness (QED) is 0.644. The summed E-state index contributed by atoms with van der Waals surface area (Å²) in [7, 11) is 0. The van der Waals surface area contributed by atoms with Gasteiger partial charge in [-0.25, -0.2) is 9.97 Å². The number of furan rings is 1. The number of nitrogens with zero attached hydrogens (tertiary/aromatic N) is 4. The molecule has 3 aromatic heterocycles. The van der Waals surface area contributed by atoms with Crippen molar-refractivity contribution in [2.45, 2.75) is 33.0 Å². The van der Waals surface area contributed by atoms with Gasteiger partial charge >= 0.3 is 5.97 Å². The number of pyridine rings is 1. The predicted octanol–water partition coefficient (Wildman–Crippen LogP) is 2.75. The van der Waals surface area contributed by atoms with E-state index in [2.05, 4.69) is 14.9 Å². The molecular weight excluding hydrogens is 344 g/mol. The minimum absolute atomic E-state index is 0.170. The Morgan fingerprint density at radius 1 is 1.26 bits per heavy atom. The Balaban J connectivity index is 1.41. The summed E-state index contributed by atoms with van der Waals surface area (Å²) < 4.78 is 10.7. The molecule has 0 radical (unpaired) electrons. The Bertz CT molecular complexity index is 939. The van der Waals surface area contributed by atoms with E-state index < -0.39 is 0 Å². The molecule has 4 heterocycles. The van der Waals surface area contributed by atoms with Gasteiger partial charge in [0.1, 0.15) is 18.1 Å². The molecular formula is C20H20N4O3. The lowest BCUT2D eigenvalue weighted by atomic mass is 10.1. The van der Waals surface area contributed by atoms with Crippen LogP contribution in [0.3, 0.4) is 0 Å². The van der Waals surface area contributed by atoms with E-state index >= 15 is 0 Å². The van der Waals surface area contributed by atoms with Crippen molar-refractivity contribution in [2.75, 3.05) is 6.54 Å².